The second-order valence-electron chi connectivity index (χ2n) is 6.59. The van der Waals surface area contributed by atoms with Crippen molar-refractivity contribution in [2.75, 3.05) is 37.8 Å². The molecule has 2 rings (SSSR count). The first kappa shape index (κ1) is 19.2. The minimum Gasteiger partial charge on any atom is -0.354 e. The Hall–Kier alpha value is -2.14. The summed E-state index contributed by atoms with van der Waals surface area (Å²) in [6, 6.07) is 8.48. The van der Waals surface area contributed by atoms with Gasteiger partial charge in [-0.2, -0.15) is 4.98 Å². The molecule has 5 heteroatoms. The summed E-state index contributed by atoms with van der Waals surface area (Å²) in [7, 11) is 4.17. The third-order valence-electron chi connectivity index (χ3n) is 4.17. The molecule has 0 atom stereocenters. The Morgan fingerprint density at radius 3 is 2.32 bits per heavy atom. The van der Waals surface area contributed by atoms with Crippen molar-refractivity contribution >= 4 is 17.5 Å². The maximum Gasteiger partial charge on any atom is 0.224 e. The van der Waals surface area contributed by atoms with E-state index in [2.05, 4.69) is 71.6 Å². The van der Waals surface area contributed by atoms with E-state index in [-0.39, 0.29) is 0 Å². The minimum atomic E-state index is 0.688. The van der Waals surface area contributed by atoms with E-state index in [4.69, 9.17) is 0 Å². The number of rotatable bonds is 9. The number of anilines is 3. The Kier molecular flexibility index (Phi) is 7.19. The van der Waals surface area contributed by atoms with Gasteiger partial charge >= 0.3 is 0 Å². The molecule has 1 heterocycles. The summed E-state index contributed by atoms with van der Waals surface area (Å²) in [6.45, 7) is 8.29. The van der Waals surface area contributed by atoms with Gasteiger partial charge in [-0.3, -0.25) is 0 Å². The van der Waals surface area contributed by atoms with Gasteiger partial charge in [0.15, 0.2) is 0 Å². The fourth-order valence-electron chi connectivity index (χ4n) is 2.84. The maximum absolute atomic E-state index is 4.65. The molecule has 25 heavy (non-hydrogen) atoms. The standard InChI is InChI=1S/C20H31N5/c1-6-16-10-8-11-17(7-2)19(16)23-18-14-15(3)22-20(24-18)21-12-9-13-25(4)5/h8,10-11,14H,6-7,9,12-13H2,1-5H3,(H2,21,22,23,24). The van der Waals surface area contributed by atoms with Gasteiger partial charge in [-0.1, -0.05) is 32.0 Å². The second-order valence-corrected chi connectivity index (χ2v) is 6.59. The Bertz CT molecular complexity index is 660. The van der Waals surface area contributed by atoms with Crippen LogP contribution in [0.2, 0.25) is 0 Å². The molecule has 0 fully saturated rings. The number of aromatic nitrogens is 2. The second kappa shape index (κ2) is 9.37. The van der Waals surface area contributed by atoms with Crippen LogP contribution in [0.15, 0.2) is 24.3 Å². The molecule has 0 spiro atoms. The lowest BCUT2D eigenvalue weighted by molar-refractivity contribution is 0.405. The van der Waals surface area contributed by atoms with E-state index in [1.54, 1.807) is 0 Å². The van der Waals surface area contributed by atoms with Crippen LogP contribution in [-0.4, -0.2) is 42.1 Å². The average Bonchev–Trinajstić information content (AvgIpc) is 2.58. The van der Waals surface area contributed by atoms with E-state index < -0.39 is 0 Å². The fraction of sp³-hybridized carbons (Fsp3) is 0.500. The Morgan fingerprint density at radius 1 is 1.04 bits per heavy atom. The normalized spacial score (nSPS) is 11.0. The van der Waals surface area contributed by atoms with Crippen LogP contribution in [0.25, 0.3) is 0 Å². The van der Waals surface area contributed by atoms with Crippen molar-refractivity contribution in [1.82, 2.24) is 14.9 Å². The number of benzene rings is 1. The molecule has 0 aliphatic heterocycles. The van der Waals surface area contributed by atoms with Crippen LogP contribution >= 0.6 is 0 Å². The van der Waals surface area contributed by atoms with Crippen LogP contribution in [0.1, 0.15) is 37.1 Å². The van der Waals surface area contributed by atoms with Gasteiger partial charge in [0.25, 0.3) is 0 Å². The van der Waals surface area contributed by atoms with Gasteiger partial charge in [0, 0.05) is 24.0 Å². The van der Waals surface area contributed by atoms with Crippen LogP contribution in [0.5, 0.6) is 0 Å². The molecule has 0 saturated carbocycles. The first-order valence-corrected chi connectivity index (χ1v) is 9.15. The molecule has 0 saturated heterocycles. The molecule has 2 N–H and O–H groups in total. The summed E-state index contributed by atoms with van der Waals surface area (Å²) in [6.07, 6.45) is 3.05. The van der Waals surface area contributed by atoms with Gasteiger partial charge in [-0.25, -0.2) is 4.98 Å². The van der Waals surface area contributed by atoms with E-state index >= 15 is 0 Å². The Labute approximate surface area is 151 Å². The van der Waals surface area contributed by atoms with Crippen molar-refractivity contribution in [3.05, 3.63) is 41.1 Å². The predicted octanol–water partition coefficient (Wildman–Crippen LogP) is 4.02. The first-order chi connectivity index (χ1) is 12.0. The molecule has 0 amide bonds. The van der Waals surface area contributed by atoms with Gasteiger partial charge in [0.2, 0.25) is 5.95 Å². The number of hydrogen-bond donors (Lipinski definition) is 2. The molecule has 5 nitrogen and oxygen atoms in total. The highest BCUT2D eigenvalue weighted by molar-refractivity contribution is 5.66. The van der Waals surface area contributed by atoms with Crippen molar-refractivity contribution in [3.8, 4) is 0 Å². The molecule has 2 aromatic rings. The van der Waals surface area contributed by atoms with Crippen molar-refractivity contribution in [2.45, 2.75) is 40.0 Å². The van der Waals surface area contributed by atoms with E-state index in [1.165, 1.54) is 16.8 Å². The topological polar surface area (TPSA) is 53.1 Å². The third kappa shape index (κ3) is 5.71. The number of para-hydroxylation sites is 1. The monoisotopic (exact) mass is 341 g/mol. The summed E-state index contributed by atoms with van der Waals surface area (Å²) in [5.41, 5.74) is 4.77. The van der Waals surface area contributed by atoms with Crippen LogP contribution < -0.4 is 10.6 Å². The molecule has 0 unspecified atom stereocenters. The number of nitrogens with one attached hydrogen (secondary N) is 2. The summed E-state index contributed by atoms with van der Waals surface area (Å²) in [5, 5.41) is 6.87. The SMILES string of the molecule is CCc1cccc(CC)c1Nc1cc(C)nc(NCCCN(C)C)n1. The molecule has 0 aliphatic rings. The lowest BCUT2D eigenvalue weighted by atomic mass is 10.0. The smallest absolute Gasteiger partial charge is 0.224 e. The molecular weight excluding hydrogens is 310 g/mol. The van der Waals surface area contributed by atoms with Gasteiger partial charge in [-0.05, 0) is 58.0 Å². The maximum atomic E-state index is 4.65. The zero-order valence-electron chi connectivity index (χ0n) is 16.2. The first-order valence-electron chi connectivity index (χ1n) is 9.15. The summed E-state index contributed by atoms with van der Waals surface area (Å²) in [5.74, 6) is 1.53. The fourth-order valence-corrected chi connectivity index (χ4v) is 2.84. The van der Waals surface area contributed by atoms with Crippen LogP contribution in [-0.2, 0) is 12.8 Å². The van der Waals surface area contributed by atoms with Crippen LogP contribution in [0.4, 0.5) is 17.5 Å². The molecule has 1 aromatic carbocycles. The summed E-state index contributed by atoms with van der Waals surface area (Å²) in [4.78, 5) is 11.3. The Balaban J connectivity index is 2.15. The Morgan fingerprint density at radius 2 is 1.72 bits per heavy atom. The summed E-state index contributed by atoms with van der Waals surface area (Å²) >= 11 is 0. The van der Waals surface area contributed by atoms with Crippen LogP contribution in [0.3, 0.4) is 0 Å². The van der Waals surface area contributed by atoms with Crippen molar-refractivity contribution < 1.29 is 0 Å². The molecule has 136 valence electrons. The van der Waals surface area contributed by atoms with E-state index in [0.717, 1.165) is 43.9 Å². The highest BCUT2D eigenvalue weighted by Crippen LogP contribution is 2.26. The highest BCUT2D eigenvalue weighted by atomic mass is 15.1. The molecule has 0 aliphatic carbocycles. The number of aryl methyl sites for hydroxylation is 3. The largest absolute Gasteiger partial charge is 0.354 e. The molecule has 0 radical (unpaired) electrons. The third-order valence-corrected chi connectivity index (χ3v) is 4.17. The van der Waals surface area contributed by atoms with Gasteiger partial charge < -0.3 is 15.5 Å². The lowest BCUT2D eigenvalue weighted by Gasteiger charge is -2.16. The van der Waals surface area contributed by atoms with E-state index in [1.807, 2.05) is 13.0 Å². The zero-order valence-corrected chi connectivity index (χ0v) is 16.2. The quantitative estimate of drug-likeness (QED) is 0.675. The van der Waals surface area contributed by atoms with Crippen molar-refractivity contribution in [3.63, 3.8) is 0 Å². The average molecular weight is 342 g/mol. The summed E-state index contributed by atoms with van der Waals surface area (Å²) < 4.78 is 0. The van der Waals surface area contributed by atoms with Gasteiger partial charge in [0.05, 0.1) is 0 Å². The van der Waals surface area contributed by atoms with Crippen LogP contribution in [0, 0.1) is 6.92 Å². The number of nitrogens with zero attached hydrogens (tertiary/aromatic N) is 3. The molecule has 0 bridgehead atoms. The minimum absolute atomic E-state index is 0.688. The number of hydrogen-bond acceptors (Lipinski definition) is 5. The molecular formula is C20H31N5. The van der Waals surface area contributed by atoms with Crippen molar-refractivity contribution in [1.29, 1.82) is 0 Å². The van der Waals surface area contributed by atoms with E-state index in [0.29, 0.717) is 5.95 Å². The predicted molar refractivity (Wildman–Crippen MR) is 107 cm³/mol. The van der Waals surface area contributed by atoms with Gasteiger partial charge in [-0.15, -0.1) is 0 Å². The lowest BCUT2D eigenvalue weighted by Crippen LogP contribution is -2.17. The van der Waals surface area contributed by atoms with Gasteiger partial charge in [0.1, 0.15) is 5.82 Å². The molecule has 1 aromatic heterocycles. The zero-order chi connectivity index (χ0) is 18.2. The van der Waals surface area contributed by atoms with Crippen molar-refractivity contribution in [2.24, 2.45) is 0 Å². The van der Waals surface area contributed by atoms with E-state index in [9.17, 15) is 0 Å². The highest BCUT2D eigenvalue weighted by Gasteiger charge is 2.09.